The molecule has 16 heavy (non-hydrogen) atoms. The van der Waals surface area contributed by atoms with E-state index in [4.69, 9.17) is 6.42 Å². The fraction of sp³-hybridized carbons (Fsp3) is 0.467. The van der Waals surface area contributed by atoms with Crippen LogP contribution in [-0.4, -0.2) is 6.04 Å². The number of aryl methyl sites for hydroxylation is 2. The molecule has 0 fully saturated rings. The first kappa shape index (κ1) is 12.8. The van der Waals surface area contributed by atoms with Gasteiger partial charge in [-0.3, -0.25) is 5.32 Å². The topological polar surface area (TPSA) is 12.0 Å². The molecule has 0 aliphatic carbocycles. The van der Waals surface area contributed by atoms with Gasteiger partial charge in [-0.05, 0) is 32.8 Å². The van der Waals surface area contributed by atoms with Gasteiger partial charge in [-0.1, -0.05) is 42.2 Å². The summed E-state index contributed by atoms with van der Waals surface area (Å²) >= 11 is 0. The van der Waals surface area contributed by atoms with E-state index >= 15 is 0 Å². The fourth-order valence-corrected chi connectivity index (χ4v) is 1.94. The third-order valence-electron chi connectivity index (χ3n) is 2.80. The Balaban J connectivity index is 2.80. The Kier molecular flexibility index (Phi) is 4.58. The summed E-state index contributed by atoms with van der Waals surface area (Å²) in [6.07, 6.45) is 6.42. The van der Waals surface area contributed by atoms with Crippen molar-refractivity contribution in [2.75, 3.05) is 0 Å². The highest BCUT2D eigenvalue weighted by Crippen LogP contribution is 2.17. The molecule has 0 radical (unpaired) electrons. The van der Waals surface area contributed by atoms with Crippen molar-refractivity contribution in [2.24, 2.45) is 0 Å². The number of hydrogen-bond donors (Lipinski definition) is 1. The number of rotatable bonds is 4. The van der Waals surface area contributed by atoms with Crippen LogP contribution in [0.1, 0.15) is 43.0 Å². The molecule has 0 aliphatic rings. The summed E-state index contributed by atoms with van der Waals surface area (Å²) in [6.45, 7) is 8.52. The molecule has 1 nitrogen and oxygen atoms in total. The quantitative estimate of drug-likeness (QED) is 0.759. The maximum absolute atomic E-state index is 5.46. The lowest BCUT2D eigenvalue weighted by molar-refractivity contribution is 0.512. The van der Waals surface area contributed by atoms with Gasteiger partial charge in [-0.25, -0.2) is 0 Å². The average Bonchev–Trinajstić information content (AvgIpc) is 2.24. The molecule has 1 aromatic carbocycles. The average molecular weight is 215 g/mol. The molecule has 0 heterocycles. The SMILES string of the molecule is C#CC(CC)NC(C)c1cc(C)cc(C)c1. The van der Waals surface area contributed by atoms with Crippen molar-refractivity contribution in [3.05, 3.63) is 34.9 Å². The highest BCUT2D eigenvalue weighted by Gasteiger charge is 2.10. The van der Waals surface area contributed by atoms with Crippen molar-refractivity contribution in [3.63, 3.8) is 0 Å². The zero-order chi connectivity index (χ0) is 12.1. The minimum absolute atomic E-state index is 0.163. The van der Waals surface area contributed by atoms with Gasteiger partial charge in [-0.2, -0.15) is 0 Å². The largest absolute Gasteiger partial charge is 0.297 e. The van der Waals surface area contributed by atoms with Crippen molar-refractivity contribution in [1.29, 1.82) is 0 Å². The van der Waals surface area contributed by atoms with E-state index in [0.29, 0.717) is 6.04 Å². The van der Waals surface area contributed by atoms with Crippen LogP contribution in [0.15, 0.2) is 18.2 Å². The van der Waals surface area contributed by atoms with Gasteiger partial charge in [0.25, 0.3) is 0 Å². The molecule has 1 rings (SSSR count). The number of terminal acetylenes is 1. The lowest BCUT2D eigenvalue weighted by atomic mass is 10.0. The molecule has 0 aromatic heterocycles. The Morgan fingerprint density at radius 1 is 1.25 bits per heavy atom. The highest BCUT2D eigenvalue weighted by molar-refractivity contribution is 5.30. The Hall–Kier alpha value is -1.26. The third kappa shape index (κ3) is 3.40. The van der Waals surface area contributed by atoms with Gasteiger partial charge in [0.05, 0.1) is 6.04 Å². The third-order valence-corrected chi connectivity index (χ3v) is 2.80. The van der Waals surface area contributed by atoms with Gasteiger partial charge in [0.2, 0.25) is 0 Å². The summed E-state index contributed by atoms with van der Waals surface area (Å²) in [5.74, 6) is 2.77. The summed E-state index contributed by atoms with van der Waals surface area (Å²) in [7, 11) is 0. The van der Waals surface area contributed by atoms with Gasteiger partial charge >= 0.3 is 0 Å². The van der Waals surface area contributed by atoms with Crippen molar-refractivity contribution in [1.82, 2.24) is 5.32 Å². The molecule has 0 bridgehead atoms. The lowest BCUT2D eigenvalue weighted by Crippen LogP contribution is -2.29. The molecule has 0 saturated heterocycles. The van der Waals surface area contributed by atoms with Crippen LogP contribution in [0.25, 0.3) is 0 Å². The Bertz CT molecular complexity index is 367. The summed E-state index contributed by atoms with van der Waals surface area (Å²) in [6, 6.07) is 7.09. The van der Waals surface area contributed by atoms with Crippen molar-refractivity contribution >= 4 is 0 Å². The van der Waals surface area contributed by atoms with Crippen LogP contribution in [0, 0.1) is 26.2 Å². The fourth-order valence-electron chi connectivity index (χ4n) is 1.94. The van der Waals surface area contributed by atoms with Crippen LogP contribution in [0.5, 0.6) is 0 Å². The van der Waals surface area contributed by atoms with E-state index in [0.717, 1.165) is 6.42 Å². The number of nitrogens with one attached hydrogen (secondary N) is 1. The van der Waals surface area contributed by atoms with E-state index < -0.39 is 0 Å². The molecular formula is C15H21N. The summed E-state index contributed by atoms with van der Waals surface area (Å²) in [5.41, 5.74) is 3.92. The second kappa shape index (κ2) is 5.72. The van der Waals surface area contributed by atoms with Gasteiger partial charge in [0, 0.05) is 6.04 Å². The van der Waals surface area contributed by atoms with Crippen LogP contribution >= 0.6 is 0 Å². The molecule has 2 unspecified atom stereocenters. The summed E-state index contributed by atoms with van der Waals surface area (Å²) in [4.78, 5) is 0. The van der Waals surface area contributed by atoms with Gasteiger partial charge in [0.15, 0.2) is 0 Å². The Labute approximate surface area is 99.3 Å². The standard InChI is InChI=1S/C15H21N/c1-6-15(7-2)16-13(5)14-9-11(3)8-12(4)10-14/h1,8-10,13,15-16H,7H2,2-5H3. The van der Waals surface area contributed by atoms with Crippen LogP contribution in [-0.2, 0) is 0 Å². The van der Waals surface area contributed by atoms with Crippen LogP contribution in [0.2, 0.25) is 0 Å². The zero-order valence-corrected chi connectivity index (χ0v) is 10.7. The van der Waals surface area contributed by atoms with Crippen molar-refractivity contribution < 1.29 is 0 Å². The molecule has 86 valence electrons. The van der Waals surface area contributed by atoms with Gasteiger partial charge in [-0.15, -0.1) is 6.42 Å². The molecular weight excluding hydrogens is 194 g/mol. The predicted molar refractivity (Wildman–Crippen MR) is 70.4 cm³/mol. The summed E-state index contributed by atoms with van der Waals surface area (Å²) in [5, 5.41) is 3.45. The van der Waals surface area contributed by atoms with E-state index in [2.05, 4.69) is 57.1 Å². The van der Waals surface area contributed by atoms with Crippen LogP contribution in [0.3, 0.4) is 0 Å². The van der Waals surface area contributed by atoms with Gasteiger partial charge in [0.1, 0.15) is 0 Å². The smallest absolute Gasteiger partial charge is 0.0688 e. The highest BCUT2D eigenvalue weighted by atomic mass is 14.9. The van der Waals surface area contributed by atoms with E-state index in [1.807, 2.05) is 0 Å². The lowest BCUT2D eigenvalue weighted by Gasteiger charge is -2.19. The van der Waals surface area contributed by atoms with Gasteiger partial charge < -0.3 is 0 Å². The maximum atomic E-state index is 5.46. The van der Waals surface area contributed by atoms with Crippen LogP contribution in [0.4, 0.5) is 0 Å². The summed E-state index contributed by atoms with van der Waals surface area (Å²) < 4.78 is 0. The van der Waals surface area contributed by atoms with E-state index in [9.17, 15) is 0 Å². The molecule has 2 atom stereocenters. The van der Waals surface area contributed by atoms with E-state index in [1.54, 1.807) is 0 Å². The minimum Gasteiger partial charge on any atom is -0.297 e. The maximum Gasteiger partial charge on any atom is 0.0688 e. The predicted octanol–water partition coefficient (Wildman–Crippen LogP) is 3.37. The number of hydrogen-bond acceptors (Lipinski definition) is 1. The number of benzene rings is 1. The first-order valence-corrected chi connectivity index (χ1v) is 5.87. The molecule has 0 amide bonds. The van der Waals surface area contributed by atoms with E-state index in [1.165, 1.54) is 16.7 Å². The molecule has 0 spiro atoms. The second-order valence-electron chi connectivity index (χ2n) is 4.44. The molecule has 0 saturated carbocycles. The monoisotopic (exact) mass is 215 g/mol. The molecule has 1 heteroatoms. The first-order chi connectivity index (χ1) is 7.56. The van der Waals surface area contributed by atoms with Crippen LogP contribution < -0.4 is 5.32 Å². The van der Waals surface area contributed by atoms with Crippen molar-refractivity contribution in [3.8, 4) is 12.3 Å². The molecule has 1 N–H and O–H groups in total. The normalized spacial score (nSPS) is 14.2. The Morgan fingerprint density at radius 2 is 1.81 bits per heavy atom. The van der Waals surface area contributed by atoms with E-state index in [-0.39, 0.29) is 6.04 Å². The minimum atomic E-state index is 0.163. The molecule has 0 aliphatic heterocycles. The zero-order valence-electron chi connectivity index (χ0n) is 10.7. The molecule has 1 aromatic rings. The second-order valence-corrected chi connectivity index (χ2v) is 4.44. The first-order valence-electron chi connectivity index (χ1n) is 5.87. The Morgan fingerprint density at radius 3 is 2.25 bits per heavy atom. The van der Waals surface area contributed by atoms with Crippen molar-refractivity contribution in [2.45, 2.75) is 46.2 Å².